The zero-order valence-corrected chi connectivity index (χ0v) is 17.0. The molecule has 3 nitrogen and oxygen atoms in total. The molecule has 1 aromatic carbocycles. The third-order valence-electron chi connectivity index (χ3n) is 4.48. The molecule has 0 radical (unpaired) electrons. The lowest BCUT2D eigenvalue weighted by Crippen LogP contribution is -2.26. The topological polar surface area (TPSA) is 39.2 Å². The van der Waals surface area contributed by atoms with E-state index < -0.39 is 5.60 Å². The molecule has 0 saturated heterocycles. The Labute approximate surface area is 158 Å². The van der Waals surface area contributed by atoms with E-state index in [0.29, 0.717) is 0 Å². The van der Waals surface area contributed by atoms with Crippen molar-refractivity contribution in [1.82, 2.24) is 4.98 Å². The molecule has 0 bridgehead atoms. The Kier molecular flexibility index (Phi) is 5.00. The summed E-state index contributed by atoms with van der Waals surface area (Å²) in [5.41, 5.74) is 0.780. The summed E-state index contributed by atoms with van der Waals surface area (Å²) in [6.07, 6.45) is 1.94. The monoisotopic (exact) mass is 375 g/mol. The normalized spacial score (nSPS) is 21.8. The van der Waals surface area contributed by atoms with Gasteiger partial charge in [0, 0.05) is 11.7 Å². The Balaban J connectivity index is 1.65. The van der Waals surface area contributed by atoms with E-state index in [4.69, 9.17) is 4.74 Å². The van der Waals surface area contributed by atoms with Crippen LogP contribution in [0, 0.1) is 11.3 Å². The van der Waals surface area contributed by atoms with Crippen LogP contribution in [-0.2, 0) is 15.3 Å². The summed E-state index contributed by atoms with van der Waals surface area (Å²) in [5, 5.41) is 1.05. The zero-order valence-electron chi connectivity index (χ0n) is 15.4. The number of nitrogens with zero attached hydrogens (tertiary/aromatic N) is 1. The van der Waals surface area contributed by atoms with Crippen LogP contribution in [0.15, 0.2) is 40.7 Å². The summed E-state index contributed by atoms with van der Waals surface area (Å²) in [5.74, 6) is 0.908. The summed E-state index contributed by atoms with van der Waals surface area (Å²) in [6.45, 7) is 10.00. The van der Waals surface area contributed by atoms with Gasteiger partial charge in [-0.2, -0.15) is 0 Å². The summed E-state index contributed by atoms with van der Waals surface area (Å²) in [4.78, 5) is 17.1. The molecule has 1 aliphatic carbocycles. The second-order valence-corrected chi connectivity index (χ2v) is 10.4. The average Bonchev–Trinajstić information content (AvgIpc) is 2.88. The van der Waals surface area contributed by atoms with Crippen LogP contribution in [0.3, 0.4) is 0 Å². The number of hydrogen-bond acceptors (Lipinski definition) is 5. The number of thiazole rings is 1. The third-order valence-corrected chi connectivity index (χ3v) is 6.83. The van der Waals surface area contributed by atoms with Crippen LogP contribution in [-0.4, -0.2) is 16.6 Å². The second kappa shape index (κ2) is 6.76. The minimum atomic E-state index is -0.445. The number of benzene rings is 1. The van der Waals surface area contributed by atoms with Crippen LogP contribution in [0.4, 0.5) is 0 Å². The number of rotatable bonds is 5. The van der Waals surface area contributed by atoms with Gasteiger partial charge in [-0.3, -0.25) is 4.79 Å². The standard InChI is InChI=1S/C20H25NO2S2/c1-19(2,3)23-18(22)16-15(20(16,4)5)17-21-11-14(25-17)24-12-13-9-7-6-8-10-13/h6-11,15-16H,12H2,1-5H3/t15-,16-/m1/s1. The molecular weight excluding hydrogens is 350 g/mol. The molecule has 3 rings (SSSR count). The van der Waals surface area contributed by atoms with E-state index in [1.54, 1.807) is 23.1 Å². The molecule has 134 valence electrons. The molecule has 1 aromatic heterocycles. The van der Waals surface area contributed by atoms with Crippen molar-refractivity contribution < 1.29 is 9.53 Å². The molecule has 0 spiro atoms. The molecule has 1 saturated carbocycles. The van der Waals surface area contributed by atoms with E-state index in [2.05, 4.69) is 43.1 Å². The molecule has 0 amide bonds. The fourth-order valence-electron chi connectivity index (χ4n) is 3.12. The van der Waals surface area contributed by atoms with E-state index >= 15 is 0 Å². The molecule has 2 atom stereocenters. The van der Waals surface area contributed by atoms with Gasteiger partial charge in [0.1, 0.15) is 5.60 Å². The van der Waals surface area contributed by atoms with Crippen molar-refractivity contribution in [2.24, 2.45) is 11.3 Å². The first-order chi connectivity index (χ1) is 11.7. The van der Waals surface area contributed by atoms with Crippen molar-refractivity contribution in [1.29, 1.82) is 0 Å². The Morgan fingerprint density at radius 1 is 1.28 bits per heavy atom. The predicted octanol–water partition coefficient (Wildman–Crippen LogP) is 5.52. The first-order valence-corrected chi connectivity index (χ1v) is 10.3. The van der Waals surface area contributed by atoms with Crippen LogP contribution in [0.25, 0.3) is 0 Å². The van der Waals surface area contributed by atoms with Crippen molar-refractivity contribution in [3.8, 4) is 0 Å². The molecule has 5 heteroatoms. The highest BCUT2D eigenvalue weighted by atomic mass is 32.2. The fourth-order valence-corrected chi connectivity index (χ4v) is 5.40. The van der Waals surface area contributed by atoms with E-state index in [-0.39, 0.29) is 23.2 Å². The Morgan fingerprint density at radius 3 is 2.60 bits per heavy atom. The molecular formula is C20H25NO2S2. The lowest BCUT2D eigenvalue weighted by atomic mass is 10.1. The van der Waals surface area contributed by atoms with Gasteiger partial charge in [-0.15, -0.1) is 23.1 Å². The minimum Gasteiger partial charge on any atom is -0.460 e. The molecule has 0 unspecified atom stereocenters. The molecule has 0 aliphatic heterocycles. The van der Waals surface area contributed by atoms with E-state index in [9.17, 15) is 4.79 Å². The van der Waals surface area contributed by atoms with Crippen molar-refractivity contribution in [2.75, 3.05) is 0 Å². The number of carbonyl (C=O) groups is 1. The van der Waals surface area contributed by atoms with Crippen LogP contribution in [0.5, 0.6) is 0 Å². The molecule has 1 heterocycles. The quantitative estimate of drug-likeness (QED) is 0.510. The molecule has 1 aliphatic rings. The van der Waals surface area contributed by atoms with Gasteiger partial charge in [0.25, 0.3) is 0 Å². The van der Waals surface area contributed by atoms with Crippen LogP contribution < -0.4 is 0 Å². The molecule has 25 heavy (non-hydrogen) atoms. The Hall–Kier alpha value is -1.33. The summed E-state index contributed by atoms with van der Waals surface area (Å²) in [6, 6.07) is 10.4. The Morgan fingerprint density at radius 2 is 1.96 bits per heavy atom. The molecule has 2 aromatic rings. The summed E-state index contributed by atoms with van der Waals surface area (Å²) < 4.78 is 6.79. The average molecular weight is 376 g/mol. The van der Waals surface area contributed by atoms with Gasteiger partial charge in [-0.1, -0.05) is 44.2 Å². The first-order valence-electron chi connectivity index (χ1n) is 8.54. The largest absolute Gasteiger partial charge is 0.460 e. The van der Waals surface area contributed by atoms with Crippen molar-refractivity contribution >= 4 is 29.1 Å². The minimum absolute atomic E-state index is 0.0818. The van der Waals surface area contributed by atoms with Crippen LogP contribution in [0.1, 0.15) is 51.1 Å². The highest BCUT2D eigenvalue weighted by Crippen LogP contribution is 2.65. The highest BCUT2D eigenvalue weighted by molar-refractivity contribution is 8.00. The Bertz CT molecular complexity index is 747. The van der Waals surface area contributed by atoms with Crippen LogP contribution >= 0.6 is 23.1 Å². The maximum absolute atomic E-state index is 12.5. The maximum Gasteiger partial charge on any atom is 0.310 e. The third kappa shape index (κ3) is 4.26. The van der Waals surface area contributed by atoms with Gasteiger partial charge < -0.3 is 4.74 Å². The maximum atomic E-state index is 12.5. The van der Waals surface area contributed by atoms with Crippen molar-refractivity contribution in [3.63, 3.8) is 0 Å². The van der Waals surface area contributed by atoms with Crippen LogP contribution in [0.2, 0.25) is 0 Å². The lowest BCUT2D eigenvalue weighted by molar-refractivity contribution is -0.157. The molecule has 1 fully saturated rings. The van der Waals surface area contributed by atoms with Gasteiger partial charge in [0.15, 0.2) is 0 Å². The number of aromatic nitrogens is 1. The van der Waals surface area contributed by atoms with E-state index in [1.165, 1.54) is 9.77 Å². The van der Waals surface area contributed by atoms with E-state index in [0.717, 1.165) is 10.8 Å². The lowest BCUT2D eigenvalue weighted by Gasteiger charge is -2.19. The van der Waals surface area contributed by atoms with Crippen molar-refractivity contribution in [2.45, 2.75) is 56.1 Å². The number of hydrogen-bond donors (Lipinski definition) is 0. The summed E-state index contributed by atoms with van der Waals surface area (Å²) >= 11 is 3.51. The van der Waals surface area contributed by atoms with Gasteiger partial charge in [0.05, 0.1) is 21.3 Å². The smallest absolute Gasteiger partial charge is 0.310 e. The highest BCUT2D eigenvalue weighted by Gasteiger charge is 2.65. The number of esters is 1. The number of carbonyl (C=O) groups excluding carboxylic acids is 1. The van der Waals surface area contributed by atoms with Gasteiger partial charge in [-0.05, 0) is 31.7 Å². The SMILES string of the molecule is CC(C)(C)OC(=O)[C@H]1[C@H](c2ncc(SCc3ccccc3)s2)C1(C)C. The zero-order chi connectivity index (χ0) is 18.2. The summed E-state index contributed by atoms with van der Waals surface area (Å²) in [7, 11) is 0. The van der Waals surface area contributed by atoms with Gasteiger partial charge in [-0.25, -0.2) is 4.98 Å². The van der Waals surface area contributed by atoms with Gasteiger partial charge >= 0.3 is 5.97 Å². The van der Waals surface area contributed by atoms with E-state index in [1.807, 2.05) is 33.0 Å². The first kappa shape index (κ1) is 18.5. The predicted molar refractivity (Wildman–Crippen MR) is 104 cm³/mol. The number of thioether (sulfide) groups is 1. The fraction of sp³-hybridized carbons (Fsp3) is 0.500. The number of ether oxygens (including phenoxy) is 1. The van der Waals surface area contributed by atoms with Gasteiger partial charge in [0.2, 0.25) is 0 Å². The van der Waals surface area contributed by atoms with Crippen molar-refractivity contribution in [3.05, 3.63) is 47.1 Å². The molecule has 0 N–H and O–H groups in total. The second-order valence-electron chi connectivity index (χ2n) is 8.10.